The zero-order valence-corrected chi connectivity index (χ0v) is 7.43. The summed E-state index contributed by atoms with van der Waals surface area (Å²) >= 11 is 0. The zero-order chi connectivity index (χ0) is 8.10. The van der Waals surface area contributed by atoms with E-state index in [1.165, 1.54) is 18.4 Å². The standard InChI is InChI=1S/C10H17N/c1-3-11-9(2)10-7-5-4-6-8-10/h5,7-9,11H,3-4,6H2,1-2H3. The molecule has 0 bridgehead atoms. The van der Waals surface area contributed by atoms with Crippen LogP contribution in [0.2, 0.25) is 0 Å². The molecule has 1 nitrogen and oxygen atoms in total. The van der Waals surface area contributed by atoms with Crippen LogP contribution in [0.4, 0.5) is 0 Å². The maximum Gasteiger partial charge on any atom is 0.0288 e. The van der Waals surface area contributed by atoms with E-state index in [9.17, 15) is 0 Å². The van der Waals surface area contributed by atoms with Crippen molar-refractivity contribution in [2.75, 3.05) is 6.54 Å². The van der Waals surface area contributed by atoms with Crippen molar-refractivity contribution < 1.29 is 0 Å². The molecule has 0 aromatic heterocycles. The third-order valence-electron chi connectivity index (χ3n) is 2.03. The van der Waals surface area contributed by atoms with Gasteiger partial charge in [-0.05, 0) is 31.9 Å². The van der Waals surface area contributed by atoms with Gasteiger partial charge in [0.25, 0.3) is 0 Å². The summed E-state index contributed by atoms with van der Waals surface area (Å²) in [7, 11) is 0. The Bertz CT molecular complexity index is 168. The van der Waals surface area contributed by atoms with Crippen molar-refractivity contribution in [3.63, 3.8) is 0 Å². The number of likely N-dealkylation sites (N-methyl/N-ethyl adjacent to an activating group) is 1. The smallest absolute Gasteiger partial charge is 0.0288 e. The van der Waals surface area contributed by atoms with Gasteiger partial charge in [-0.25, -0.2) is 0 Å². The van der Waals surface area contributed by atoms with Gasteiger partial charge in [0, 0.05) is 6.04 Å². The number of rotatable bonds is 3. The summed E-state index contributed by atoms with van der Waals surface area (Å²) < 4.78 is 0. The van der Waals surface area contributed by atoms with E-state index < -0.39 is 0 Å². The lowest BCUT2D eigenvalue weighted by atomic mass is 10.0. The van der Waals surface area contributed by atoms with Crippen LogP contribution in [0.1, 0.15) is 26.7 Å². The molecule has 11 heavy (non-hydrogen) atoms. The monoisotopic (exact) mass is 151 g/mol. The van der Waals surface area contributed by atoms with Gasteiger partial charge in [0.2, 0.25) is 0 Å². The largest absolute Gasteiger partial charge is 0.310 e. The molecule has 1 unspecified atom stereocenters. The maximum absolute atomic E-state index is 3.40. The summed E-state index contributed by atoms with van der Waals surface area (Å²) in [6.45, 7) is 5.40. The van der Waals surface area contributed by atoms with E-state index in [0.29, 0.717) is 6.04 Å². The second kappa shape index (κ2) is 4.35. The third-order valence-corrected chi connectivity index (χ3v) is 2.03. The Hall–Kier alpha value is -0.560. The average molecular weight is 151 g/mol. The number of hydrogen-bond acceptors (Lipinski definition) is 1. The molecule has 0 aromatic rings. The molecule has 1 heteroatoms. The summed E-state index contributed by atoms with van der Waals surface area (Å²) in [6.07, 6.45) is 9.23. The van der Waals surface area contributed by atoms with Gasteiger partial charge < -0.3 is 5.32 Å². The van der Waals surface area contributed by atoms with Crippen LogP contribution in [0.25, 0.3) is 0 Å². The lowest BCUT2D eigenvalue weighted by Crippen LogP contribution is -2.27. The Morgan fingerprint density at radius 1 is 1.55 bits per heavy atom. The van der Waals surface area contributed by atoms with Crippen LogP contribution in [0.15, 0.2) is 23.8 Å². The van der Waals surface area contributed by atoms with Gasteiger partial charge in [0.1, 0.15) is 0 Å². The third kappa shape index (κ3) is 2.51. The Kier molecular flexibility index (Phi) is 3.37. The molecule has 0 heterocycles. The second-order valence-electron chi connectivity index (χ2n) is 2.96. The summed E-state index contributed by atoms with van der Waals surface area (Å²) in [5.74, 6) is 0. The van der Waals surface area contributed by atoms with Crippen LogP contribution >= 0.6 is 0 Å². The highest BCUT2D eigenvalue weighted by Crippen LogP contribution is 2.12. The normalized spacial score (nSPS) is 19.6. The van der Waals surface area contributed by atoms with Crippen LogP contribution < -0.4 is 5.32 Å². The lowest BCUT2D eigenvalue weighted by Gasteiger charge is -2.15. The van der Waals surface area contributed by atoms with Crippen LogP contribution in [-0.4, -0.2) is 12.6 Å². The minimum Gasteiger partial charge on any atom is -0.310 e. The zero-order valence-electron chi connectivity index (χ0n) is 7.43. The molecule has 0 aliphatic heterocycles. The molecule has 62 valence electrons. The molecule has 1 aliphatic carbocycles. The molecule has 0 saturated heterocycles. The summed E-state index contributed by atoms with van der Waals surface area (Å²) in [5.41, 5.74) is 1.44. The average Bonchev–Trinajstić information content (AvgIpc) is 2.07. The molecular formula is C10H17N. The molecule has 0 spiro atoms. The molecule has 0 saturated carbocycles. The minimum atomic E-state index is 0.525. The predicted octanol–water partition coefficient (Wildman–Crippen LogP) is 2.26. The van der Waals surface area contributed by atoms with Crippen molar-refractivity contribution >= 4 is 0 Å². The Morgan fingerprint density at radius 3 is 2.91 bits per heavy atom. The highest BCUT2D eigenvalue weighted by atomic mass is 14.9. The fourth-order valence-electron chi connectivity index (χ4n) is 1.38. The SMILES string of the molecule is CCNC(C)C1=CCCC=C1. The first-order valence-electron chi connectivity index (χ1n) is 4.44. The van der Waals surface area contributed by atoms with E-state index in [4.69, 9.17) is 0 Å². The molecule has 0 amide bonds. The summed E-state index contributed by atoms with van der Waals surface area (Å²) in [6, 6.07) is 0.525. The molecule has 1 N–H and O–H groups in total. The van der Waals surface area contributed by atoms with Crippen molar-refractivity contribution in [2.24, 2.45) is 0 Å². The molecule has 1 rings (SSSR count). The Labute approximate surface area is 69.2 Å². The van der Waals surface area contributed by atoms with Crippen LogP contribution in [-0.2, 0) is 0 Å². The van der Waals surface area contributed by atoms with Crippen molar-refractivity contribution in [2.45, 2.75) is 32.7 Å². The quantitative estimate of drug-likeness (QED) is 0.652. The lowest BCUT2D eigenvalue weighted by molar-refractivity contribution is 0.638. The van der Waals surface area contributed by atoms with Crippen LogP contribution in [0.3, 0.4) is 0 Å². The van der Waals surface area contributed by atoms with Gasteiger partial charge in [0.15, 0.2) is 0 Å². The first-order valence-corrected chi connectivity index (χ1v) is 4.44. The van der Waals surface area contributed by atoms with Crippen molar-refractivity contribution in [3.05, 3.63) is 23.8 Å². The predicted molar refractivity (Wildman–Crippen MR) is 49.6 cm³/mol. The highest BCUT2D eigenvalue weighted by molar-refractivity contribution is 5.26. The highest BCUT2D eigenvalue weighted by Gasteiger charge is 2.04. The first-order chi connectivity index (χ1) is 5.34. The van der Waals surface area contributed by atoms with Crippen molar-refractivity contribution in [3.8, 4) is 0 Å². The molecule has 0 fully saturated rings. The van der Waals surface area contributed by atoms with Gasteiger partial charge in [-0.2, -0.15) is 0 Å². The Morgan fingerprint density at radius 2 is 2.36 bits per heavy atom. The summed E-state index contributed by atoms with van der Waals surface area (Å²) in [4.78, 5) is 0. The van der Waals surface area contributed by atoms with E-state index in [-0.39, 0.29) is 0 Å². The van der Waals surface area contributed by atoms with E-state index in [2.05, 4.69) is 37.4 Å². The fraction of sp³-hybridized carbons (Fsp3) is 0.600. The van der Waals surface area contributed by atoms with E-state index in [0.717, 1.165) is 6.54 Å². The molecule has 1 aliphatic rings. The first kappa shape index (κ1) is 8.54. The van der Waals surface area contributed by atoms with E-state index in [1.54, 1.807) is 0 Å². The molecular weight excluding hydrogens is 134 g/mol. The van der Waals surface area contributed by atoms with E-state index >= 15 is 0 Å². The maximum atomic E-state index is 3.40. The second-order valence-corrected chi connectivity index (χ2v) is 2.96. The number of hydrogen-bond donors (Lipinski definition) is 1. The Balaban J connectivity index is 2.45. The molecule has 0 radical (unpaired) electrons. The van der Waals surface area contributed by atoms with Crippen molar-refractivity contribution in [1.29, 1.82) is 0 Å². The van der Waals surface area contributed by atoms with Gasteiger partial charge in [-0.15, -0.1) is 0 Å². The van der Waals surface area contributed by atoms with Gasteiger partial charge in [0.05, 0.1) is 0 Å². The minimum absolute atomic E-state index is 0.525. The fourth-order valence-corrected chi connectivity index (χ4v) is 1.38. The van der Waals surface area contributed by atoms with E-state index in [1.807, 2.05) is 0 Å². The van der Waals surface area contributed by atoms with Gasteiger partial charge >= 0.3 is 0 Å². The topological polar surface area (TPSA) is 12.0 Å². The number of allylic oxidation sites excluding steroid dienone is 2. The number of nitrogens with one attached hydrogen (secondary N) is 1. The summed E-state index contributed by atoms with van der Waals surface area (Å²) in [5, 5.41) is 3.40. The molecule has 0 aromatic carbocycles. The van der Waals surface area contributed by atoms with Gasteiger partial charge in [-0.1, -0.05) is 25.2 Å². The molecule has 1 atom stereocenters. The van der Waals surface area contributed by atoms with Crippen molar-refractivity contribution in [1.82, 2.24) is 5.32 Å². The van der Waals surface area contributed by atoms with Crippen LogP contribution in [0.5, 0.6) is 0 Å². The van der Waals surface area contributed by atoms with Crippen LogP contribution in [0, 0.1) is 0 Å². The van der Waals surface area contributed by atoms with Gasteiger partial charge in [-0.3, -0.25) is 0 Å².